The third-order valence-electron chi connectivity index (χ3n) is 6.33. The number of nitrogens with zero attached hydrogens (tertiary/aromatic N) is 2. The van der Waals surface area contributed by atoms with Gasteiger partial charge in [-0.2, -0.15) is 0 Å². The number of carbonyl (C=O) groups excluding carboxylic acids is 2. The summed E-state index contributed by atoms with van der Waals surface area (Å²) in [5, 5.41) is 4.41. The smallest absolute Gasteiger partial charge is 0.270 e. The Morgan fingerprint density at radius 2 is 1.71 bits per heavy atom. The summed E-state index contributed by atoms with van der Waals surface area (Å²) < 4.78 is 6.91. The van der Waals surface area contributed by atoms with Crippen LogP contribution in [0.1, 0.15) is 26.4 Å². The second kappa shape index (κ2) is 9.24. The van der Waals surface area contributed by atoms with E-state index < -0.39 is 0 Å². The summed E-state index contributed by atoms with van der Waals surface area (Å²) in [6.45, 7) is 2.64. The van der Waals surface area contributed by atoms with Crippen molar-refractivity contribution in [2.75, 3.05) is 33.3 Å². The second-order valence-electron chi connectivity index (χ2n) is 8.40. The Morgan fingerprint density at radius 3 is 2.44 bits per heavy atom. The maximum Gasteiger partial charge on any atom is 0.270 e. The zero-order chi connectivity index (χ0) is 23.7. The number of rotatable bonds is 6. The quantitative estimate of drug-likeness (QED) is 0.433. The van der Waals surface area contributed by atoms with E-state index in [1.54, 1.807) is 29.2 Å². The van der Waals surface area contributed by atoms with Crippen molar-refractivity contribution in [3.63, 3.8) is 0 Å². The summed E-state index contributed by atoms with van der Waals surface area (Å²) in [6, 6.07) is 16.4. The number of aromatic amines is 1. The number of amides is 1. The minimum absolute atomic E-state index is 0.0992. The van der Waals surface area contributed by atoms with Gasteiger partial charge in [-0.05, 0) is 6.07 Å². The van der Waals surface area contributed by atoms with Crippen LogP contribution in [-0.2, 0) is 17.9 Å². The van der Waals surface area contributed by atoms with Gasteiger partial charge in [0.15, 0.2) is 5.78 Å². The fourth-order valence-corrected chi connectivity index (χ4v) is 4.65. The number of ether oxygens (including phenoxy) is 1. The van der Waals surface area contributed by atoms with Gasteiger partial charge >= 0.3 is 0 Å². The summed E-state index contributed by atoms with van der Waals surface area (Å²) in [6.07, 6.45) is 0. The van der Waals surface area contributed by atoms with Gasteiger partial charge in [0.2, 0.25) is 0 Å². The van der Waals surface area contributed by atoms with Gasteiger partial charge in [-0.3, -0.25) is 19.0 Å². The standard InChI is InChI=1S/C26H26N4O4/c1-34-16-19-22-23(28-24(19)26(33)29-13-11-27-12-14-29)18-9-5-6-10-20(18)30(25(22)32)15-21(31)17-7-3-2-4-8-17/h2-10,27-28H,11-16H2,1H3. The number of fused-ring (bicyclic) bond motifs is 3. The van der Waals surface area contributed by atoms with Crippen molar-refractivity contribution in [1.29, 1.82) is 0 Å². The summed E-state index contributed by atoms with van der Waals surface area (Å²) in [7, 11) is 1.54. The lowest BCUT2D eigenvalue weighted by molar-refractivity contribution is 0.0726. The molecule has 1 saturated heterocycles. The number of pyridine rings is 1. The SMILES string of the molecule is COCc1c(C(=O)N2CCNCC2)[nH]c2c1c(=O)n(CC(=O)c1ccccc1)c1ccccc21. The minimum atomic E-state index is -0.319. The molecule has 0 spiro atoms. The molecule has 2 aromatic carbocycles. The first-order chi connectivity index (χ1) is 16.6. The van der Waals surface area contributed by atoms with Crippen LogP contribution < -0.4 is 10.9 Å². The van der Waals surface area contributed by atoms with Crippen LogP contribution >= 0.6 is 0 Å². The average Bonchev–Trinajstić information content (AvgIpc) is 3.27. The molecule has 2 aromatic heterocycles. The minimum Gasteiger partial charge on any atom is -0.380 e. The first kappa shape index (κ1) is 22.1. The molecule has 1 fully saturated rings. The van der Waals surface area contributed by atoms with Crippen LogP contribution in [0.3, 0.4) is 0 Å². The first-order valence-electron chi connectivity index (χ1n) is 11.3. The molecule has 8 heteroatoms. The molecule has 0 unspecified atom stereocenters. The fourth-order valence-electron chi connectivity index (χ4n) is 4.65. The van der Waals surface area contributed by atoms with Gasteiger partial charge in [-0.1, -0.05) is 48.5 Å². The van der Waals surface area contributed by atoms with Crippen molar-refractivity contribution in [3.05, 3.63) is 81.8 Å². The van der Waals surface area contributed by atoms with Crippen molar-refractivity contribution < 1.29 is 14.3 Å². The Bertz CT molecular complexity index is 1430. The molecule has 0 atom stereocenters. The number of hydrogen-bond donors (Lipinski definition) is 2. The van der Waals surface area contributed by atoms with E-state index in [2.05, 4.69) is 10.3 Å². The molecule has 5 rings (SSSR count). The Kier molecular flexibility index (Phi) is 6.00. The molecule has 2 N–H and O–H groups in total. The zero-order valence-electron chi connectivity index (χ0n) is 19.0. The van der Waals surface area contributed by atoms with Gasteiger partial charge < -0.3 is 19.9 Å². The van der Waals surface area contributed by atoms with E-state index >= 15 is 0 Å². The number of hydrogen-bond acceptors (Lipinski definition) is 5. The number of H-pyrrole nitrogens is 1. The van der Waals surface area contributed by atoms with E-state index in [4.69, 9.17) is 4.74 Å². The highest BCUT2D eigenvalue weighted by Crippen LogP contribution is 2.28. The lowest BCUT2D eigenvalue weighted by Gasteiger charge is -2.27. The lowest BCUT2D eigenvalue weighted by atomic mass is 10.1. The van der Waals surface area contributed by atoms with Crippen LogP contribution in [0.4, 0.5) is 0 Å². The van der Waals surface area contributed by atoms with Gasteiger partial charge in [0.25, 0.3) is 11.5 Å². The predicted molar refractivity (Wildman–Crippen MR) is 130 cm³/mol. The molecular formula is C26H26N4O4. The molecule has 174 valence electrons. The van der Waals surface area contributed by atoms with E-state index in [0.29, 0.717) is 46.3 Å². The maximum atomic E-state index is 13.8. The number of para-hydroxylation sites is 1. The Balaban J connectivity index is 1.71. The van der Waals surface area contributed by atoms with Crippen molar-refractivity contribution in [2.24, 2.45) is 0 Å². The fraction of sp³-hybridized carbons (Fsp3) is 0.269. The first-order valence-corrected chi connectivity index (χ1v) is 11.3. The van der Waals surface area contributed by atoms with Crippen molar-refractivity contribution >= 4 is 33.5 Å². The van der Waals surface area contributed by atoms with Gasteiger partial charge in [-0.15, -0.1) is 0 Å². The molecule has 0 radical (unpaired) electrons. The zero-order valence-corrected chi connectivity index (χ0v) is 19.0. The van der Waals surface area contributed by atoms with Crippen molar-refractivity contribution in [3.8, 4) is 0 Å². The summed E-state index contributed by atoms with van der Waals surface area (Å²) in [4.78, 5) is 45.3. The van der Waals surface area contributed by atoms with Gasteiger partial charge in [0.05, 0.1) is 29.6 Å². The van der Waals surface area contributed by atoms with Crippen molar-refractivity contribution in [1.82, 2.24) is 19.8 Å². The average molecular weight is 459 g/mol. The van der Waals surface area contributed by atoms with Crippen molar-refractivity contribution in [2.45, 2.75) is 13.2 Å². The van der Waals surface area contributed by atoms with Crippen LogP contribution in [0.25, 0.3) is 21.8 Å². The largest absolute Gasteiger partial charge is 0.380 e. The molecule has 1 amide bonds. The predicted octanol–water partition coefficient (Wildman–Crippen LogP) is 2.56. The van der Waals surface area contributed by atoms with E-state index in [1.807, 2.05) is 30.3 Å². The summed E-state index contributed by atoms with van der Waals surface area (Å²) >= 11 is 0. The highest BCUT2D eigenvalue weighted by atomic mass is 16.5. The number of carbonyl (C=O) groups is 2. The monoisotopic (exact) mass is 458 g/mol. The van der Waals surface area contributed by atoms with E-state index in [9.17, 15) is 14.4 Å². The van der Waals surface area contributed by atoms with Crippen LogP contribution in [0.5, 0.6) is 0 Å². The van der Waals surface area contributed by atoms with E-state index in [1.165, 1.54) is 11.7 Å². The number of benzene rings is 2. The molecule has 1 aliphatic rings. The number of piperazine rings is 1. The second-order valence-corrected chi connectivity index (χ2v) is 8.40. The van der Waals surface area contributed by atoms with Gasteiger partial charge in [0, 0.05) is 49.8 Å². The number of ketones is 1. The van der Waals surface area contributed by atoms with Crippen LogP contribution in [0.15, 0.2) is 59.4 Å². The summed E-state index contributed by atoms with van der Waals surface area (Å²) in [5.74, 6) is -0.312. The Hall–Kier alpha value is -3.75. The molecule has 34 heavy (non-hydrogen) atoms. The number of aromatic nitrogens is 2. The van der Waals surface area contributed by atoms with Gasteiger partial charge in [0.1, 0.15) is 5.69 Å². The van der Waals surface area contributed by atoms with E-state index in [-0.39, 0.29) is 30.4 Å². The third-order valence-corrected chi connectivity index (χ3v) is 6.33. The van der Waals surface area contributed by atoms with E-state index in [0.717, 1.165) is 18.5 Å². The normalized spacial score (nSPS) is 14.1. The number of nitrogens with one attached hydrogen (secondary N) is 2. The molecule has 4 aromatic rings. The van der Waals surface area contributed by atoms with Crippen LogP contribution in [0.2, 0.25) is 0 Å². The third kappa shape index (κ3) is 3.81. The summed E-state index contributed by atoms with van der Waals surface area (Å²) in [5.41, 5.74) is 2.34. The highest BCUT2D eigenvalue weighted by Gasteiger charge is 2.27. The Labute approximate surface area is 196 Å². The number of methoxy groups -OCH3 is 1. The molecule has 0 saturated carbocycles. The maximum absolute atomic E-state index is 13.8. The molecule has 1 aliphatic heterocycles. The molecule has 0 bridgehead atoms. The lowest BCUT2D eigenvalue weighted by Crippen LogP contribution is -2.46. The highest BCUT2D eigenvalue weighted by molar-refractivity contribution is 6.10. The Morgan fingerprint density at radius 1 is 1.00 bits per heavy atom. The number of Topliss-reactive ketones (excluding diaryl/α,β-unsaturated/α-hetero) is 1. The topological polar surface area (TPSA) is 96.4 Å². The molecular weight excluding hydrogens is 432 g/mol. The van der Waals surface area contributed by atoms with Gasteiger partial charge in [-0.25, -0.2) is 0 Å². The molecule has 8 nitrogen and oxygen atoms in total. The van der Waals surface area contributed by atoms with Crippen LogP contribution in [-0.4, -0.2) is 59.4 Å². The molecule has 3 heterocycles. The van der Waals surface area contributed by atoms with Crippen LogP contribution in [0, 0.1) is 0 Å². The molecule has 0 aliphatic carbocycles.